The van der Waals surface area contributed by atoms with Crippen LogP contribution >= 0.6 is 11.8 Å². The number of nitrogens with zero attached hydrogens (tertiary/aromatic N) is 4. The van der Waals surface area contributed by atoms with Crippen LogP contribution in [0, 0.1) is 0 Å². The molecule has 3 aromatic rings. The number of aromatic amines is 1. The quantitative estimate of drug-likeness (QED) is 0.690. The fourth-order valence-electron chi connectivity index (χ4n) is 1.80. The van der Waals surface area contributed by atoms with Crippen LogP contribution in [0.3, 0.4) is 0 Å². The van der Waals surface area contributed by atoms with E-state index in [0.717, 1.165) is 5.56 Å². The van der Waals surface area contributed by atoms with Crippen molar-refractivity contribution in [3.8, 4) is 22.9 Å². The van der Waals surface area contributed by atoms with E-state index in [9.17, 15) is 0 Å². The van der Waals surface area contributed by atoms with Gasteiger partial charge in [-0.2, -0.15) is 10.1 Å². The van der Waals surface area contributed by atoms with Crippen molar-refractivity contribution >= 4 is 11.8 Å². The summed E-state index contributed by atoms with van der Waals surface area (Å²) in [5.41, 5.74) is 0.789. The summed E-state index contributed by atoms with van der Waals surface area (Å²) in [6, 6.07) is 5.45. The molecule has 0 bridgehead atoms. The number of ether oxygens (including phenoxy) is 2. The number of aromatic nitrogens is 5. The van der Waals surface area contributed by atoms with Crippen LogP contribution in [0.25, 0.3) is 11.4 Å². The highest BCUT2D eigenvalue weighted by atomic mass is 32.2. The normalized spacial score (nSPS) is 10.6. The molecular formula is C13H13N5O3S. The van der Waals surface area contributed by atoms with Crippen molar-refractivity contribution in [3.05, 3.63) is 30.4 Å². The van der Waals surface area contributed by atoms with Gasteiger partial charge in [0.1, 0.15) is 6.33 Å². The molecule has 0 unspecified atom stereocenters. The van der Waals surface area contributed by atoms with E-state index in [1.807, 2.05) is 6.07 Å². The molecule has 0 atom stereocenters. The van der Waals surface area contributed by atoms with E-state index in [-0.39, 0.29) is 0 Å². The minimum atomic E-state index is 0.495. The third kappa shape index (κ3) is 3.03. The molecule has 114 valence electrons. The second-order valence-corrected chi connectivity index (χ2v) is 5.12. The minimum Gasteiger partial charge on any atom is -0.493 e. The topological polar surface area (TPSA) is 99.0 Å². The Morgan fingerprint density at radius 3 is 2.82 bits per heavy atom. The predicted octanol–water partition coefficient (Wildman–Crippen LogP) is 2.16. The zero-order valence-electron chi connectivity index (χ0n) is 11.9. The Morgan fingerprint density at radius 1 is 1.23 bits per heavy atom. The molecule has 0 radical (unpaired) electrons. The smallest absolute Gasteiger partial charge is 0.237 e. The highest BCUT2D eigenvalue weighted by Crippen LogP contribution is 2.31. The fourth-order valence-corrected chi connectivity index (χ4v) is 2.42. The number of nitrogens with one attached hydrogen (secondary N) is 1. The lowest BCUT2D eigenvalue weighted by atomic mass is 10.2. The van der Waals surface area contributed by atoms with Crippen LogP contribution in [0.5, 0.6) is 11.5 Å². The van der Waals surface area contributed by atoms with E-state index in [2.05, 4.69) is 25.3 Å². The molecule has 1 aromatic carbocycles. The van der Waals surface area contributed by atoms with E-state index in [0.29, 0.717) is 34.1 Å². The van der Waals surface area contributed by atoms with E-state index >= 15 is 0 Å². The first-order valence-electron chi connectivity index (χ1n) is 6.33. The SMILES string of the molecule is COc1ccc(-c2noc(CSc3ncn[nH]3)n2)cc1OC. The molecule has 0 amide bonds. The summed E-state index contributed by atoms with van der Waals surface area (Å²) in [6.07, 6.45) is 1.45. The first-order chi connectivity index (χ1) is 10.8. The fraction of sp³-hybridized carbons (Fsp3) is 0.231. The zero-order valence-corrected chi connectivity index (χ0v) is 12.8. The third-order valence-corrected chi connectivity index (χ3v) is 3.70. The van der Waals surface area contributed by atoms with Crippen molar-refractivity contribution in [1.82, 2.24) is 25.3 Å². The van der Waals surface area contributed by atoms with Crippen LogP contribution in [0.2, 0.25) is 0 Å². The van der Waals surface area contributed by atoms with Crippen molar-refractivity contribution in [2.45, 2.75) is 10.9 Å². The Balaban J connectivity index is 1.75. The summed E-state index contributed by atoms with van der Waals surface area (Å²) in [7, 11) is 3.17. The van der Waals surface area contributed by atoms with Gasteiger partial charge in [0.15, 0.2) is 16.7 Å². The molecule has 2 aromatic heterocycles. The van der Waals surface area contributed by atoms with E-state index < -0.39 is 0 Å². The molecule has 0 saturated heterocycles. The van der Waals surface area contributed by atoms with Crippen LogP contribution in [0.1, 0.15) is 5.89 Å². The van der Waals surface area contributed by atoms with Gasteiger partial charge in [0, 0.05) is 5.56 Å². The van der Waals surface area contributed by atoms with Crippen LogP contribution in [0.4, 0.5) is 0 Å². The molecule has 0 spiro atoms. The third-order valence-electron chi connectivity index (χ3n) is 2.84. The first-order valence-corrected chi connectivity index (χ1v) is 7.32. The Hall–Kier alpha value is -2.55. The molecule has 0 saturated carbocycles. The monoisotopic (exact) mass is 319 g/mol. The standard InChI is InChI=1S/C13H13N5O3S/c1-19-9-4-3-8(5-10(9)20-2)12-16-11(21-18-12)6-22-13-14-7-15-17-13/h3-5,7H,6H2,1-2H3,(H,14,15,17). The summed E-state index contributed by atoms with van der Waals surface area (Å²) in [5.74, 6) is 2.77. The predicted molar refractivity (Wildman–Crippen MR) is 78.8 cm³/mol. The van der Waals surface area contributed by atoms with Crippen LogP contribution in [-0.2, 0) is 5.75 Å². The maximum absolute atomic E-state index is 5.27. The number of rotatable bonds is 6. The summed E-state index contributed by atoms with van der Waals surface area (Å²) in [4.78, 5) is 8.37. The molecule has 8 nitrogen and oxygen atoms in total. The molecular weight excluding hydrogens is 306 g/mol. The maximum atomic E-state index is 5.27. The largest absolute Gasteiger partial charge is 0.493 e. The summed E-state index contributed by atoms with van der Waals surface area (Å²) < 4.78 is 15.7. The zero-order chi connectivity index (χ0) is 15.4. The van der Waals surface area contributed by atoms with E-state index in [1.165, 1.54) is 18.1 Å². The molecule has 0 aliphatic heterocycles. The minimum absolute atomic E-state index is 0.495. The van der Waals surface area contributed by atoms with Crippen LogP contribution < -0.4 is 9.47 Å². The second-order valence-electron chi connectivity index (χ2n) is 4.16. The molecule has 0 fully saturated rings. The lowest BCUT2D eigenvalue weighted by Gasteiger charge is -2.07. The summed E-state index contributed by atoms with van der Waals surface area (Å²) >= 11 is 1.43. The van der Waals surface area contributed by atoms with Gasteiger partial charge in [0.25, 0.3) is 0 Å². The molecule has 22 heavy (non-hydrogen) atoms. The number of hydrogen-bond acceptors (Lipinski definition) is 8. The lowest BCUT2D eigenvalue weighted by molar-refractivity contribution is 0.355. The maximum Gasteiger partial charge on any atom is 0.237 e. The highest BCUT2D eigenvalue weighted by molar-refractivity contribution is 7.98. The second kappa shape index (κ2) is 6.48. The summed E-state index contributed by atoms with van der Waals surface area (Å²) in [6.45, 7) is 0. The van der Waals surface area contributed by atoms with Crippen molar-refractivity contribution < 1.29 is 14.0 Å². The molecule has 1 N–H and O–H groups in total. The number of benzene rings is 1. The first kappa shape index (κ1) is 14.4. The van der Waals surface area contributed by atoms with E-state index in [1.54, 1.807) is 26.4 Å². The Labute approximate surface area is 130 Å². The number of thioether (sulfide) groups is 1. The lowest BCUT2D eigenvalue weighted by Crippen LogP contribution is -1.91. The van der Waals surface area contributed by atoms with Crippen LogP contribution in [0.15, 0.2) is 34.2 Å². The van der Waals surface area contributed by atoms with Gasteiger partial charge in [-0.25, -0.2) is 4.98 Å². The van der Waals surface area contributed by atoms with Crippen molar-refractivity contribution in [3.63, 3.8) is 0 Å². The van der Waals surface area contributed by atoms with Gasteiger partial charge < -0.3 is 14.0 Å². The van der Waals surface area contributed by atoms with Gasteiger partial charge >= 0.3 is 0 Å². The van der Waals surface area contributed by atoms with Crippen LogP contribution in [-0.4, -0.2) is 39.5 Å². The molecule has 9 heteroatoms. The van der Waals surface area contributed by atoms with Crippen molar-refractivity contribution in [2.24, 2.45) is 0 Å². The van der Waals surface area contributed by atoms with Gasteiger partial charge in [-0.1, -0.05) is 16.9 Å². The molecule has 0 aliphatic carbocycles. The van der Waals surface area contributed by atoms with Gasteiger partial charge in [0.05, 0.1) is 20.0 Å². The number of hydrogen-bond donors (Lipinski definition) is 1. The molecule has 2 heterocycles. The molecule has 0 aliphatic rings. The highest BCUT2D eigenvalue weighted by Gasteiger charge is 2.12. The van der Waals surface area contributed by atoms with E-state index in [4.69, 9.17) is 14.0 Å². The van der Waals surface area contributed by atoms with Crippen molar-refractivity contribution in [2.75, 3.05) is 14.2 Å². The van der Waals surface area contributed by atoms with Gasteiger partial charge in [-0.05, 0) is 18.2 Å². The number of H-pyrrole nitrogens is 1. The van der Waals surface area contributed by atoms with Gasteiger partial charge in [0.2, 0.25) is 11.7 Å². The molecule has 3 rings (SSSR count). The average Bonchev–Trinajstić information content (AvgIpc) is 3.23. The van der Waals surface area contributed by atoms with Gasteiger partial charge in [-0.3, -0.25) is 5.10 Å². The average molecular weight is 319 g/mol. The Morgan fingerprint density at radius 2 is 2.09 bits per heavy atom. The summed E-state index contributed by atoms with van der Waals surface area (Å²) in [5, 5.41) is 11.2. The van der Waals surface area contributed by atoms with Gasteiger partial charge in [-0.15, -0.1) is 0 Å². The number of methoxy groups -OCH3 is 2. The Kier molecular flexibility index (Phi) is 4.24. The Bertz CT molecular complexity index is 744. The van der Waals surface area contributed by atoms with Crippen molar-refractivity contribution in [1.29, 1.82) is 0 Å².